The van der Waals surface area contributed by atoms with Crippen LogP contribution in [0.2, 0.25) is 5.02 Å². The molecule has 1 heterocycles. The minimum Gasteiger partial charge on any atom is -0.271 e. The van der Waals surface area contributed by atoms with Gasteiger partial charge in [-0.3, -0.25) is 16.0 Å². The summed E-state index contributed by atoms with van der Waals surface area (Å²) >= 11 is 6.36. The van der Waals surface area contributed by atoms with Crippen molar-refractivity contribution in [3.05, 3.63) is 52.3 Å². The first kappa shape index (κ1) is 16.0. The SMILES string of the molecule is CCC(c1ccccc1)C(Cc1c(Cl)c(C)nn1C)NN. The van der Waals surface area contributed by atoms with Gasteiger partial charge in [-0.1, -0.05) is 48.9 Å². The third kappa shape index (κ3) is 3.46. The molecule has 0 aliphatic heterocycles. The van der Waals surface area contributed by atoms with Crippen molar-refractivity contribution in [3.63, 3.8) is 0 Å². The van der Waals surface area contributed by atoms with Gasteiger partial charge in [0, 0.05) is 25.4 Å². The van der Waals surface area contributed by atoms with Gasteiger partial charge in [0.1, 0.15) is 0 Å². The van der Waals surface area contributed by atoms with E-state index >= 15 is 0 Å². The third-order valence-corrected chi connectivity index (χ3v) is 4.53. The number of nitrogens with one attached hydrogen (secondary N) is 1. The fourth-order valence-corrected chi connectivity index (χ4v) is 3.12. The Morgan fingerprint density at radius 1 is 1.33 bits per heavy atom. The predicted molar refractivity (Wildman–Crippen MR) is 87.2 cm³/mol. The minimum atomic E-state index is 0.115. The Kier molecular flexibility index (Phi) is 5.39. The van der Waals surface area contributed by atoms with Gasteiger partial charge in [0.15, 0.2) is 0 Å². The van der Waals surface area contributed by atoms with Crippen LogP contribution in [-0.2, 0) is 13.5 Å². The molecule has 2 unspecified atom stereocenters. The van der Waals surface area contributed by atoms with Gasteiger partial charge in [-0.05, 0) is 18.9 Å². The van der Waals surface area contributed by atoms with E-state index in [1.165, 1.54) is 5.56 Å². The van der Waals surface area contributed by atoms with Crippen molar-refractivity contribution in [1.29, 1.82) is 0 Å². The summed E-state index contributed by atoms with van der Waals surface area (Å²) in [6.07, 6.45) is 1.76. The van der Waals surface area contributed by atoms with Crippen LogP contribution < -0.4 is 11.3 Å². The topological polar surface area (TPSA) is 55.9 Å². The molecule has 0 aliphatic carbocycles. The Hall–Kier alpha value is -1.36. The lowest BCUT2D eigenvalue weighted by Gasteiger charge is -2.26. The zero-order valence-electron chi connectivity index (χ0n) is 12.8. The van der Waals surface area contributed by atoms with Crippen LogP contribution in [0.4, 0.5) is 0 Å². The molecule has 1 aromatic heterocycles. The standard InChI is InChI=1S/C16H23ClN4/c1-4-13(12-8-6-5-7-9-12)14(19-18)10-15-16(17)11(2)20-21(15)3/h5-9,13-14,19H,4,10,18H2,1-3H3. The first-order valence-corrected chi connectivity index (χ1v) is 7.65. The zero-order valence-corrected chi connectivity index (χ0v) is 13.6. The maximum Gasteiger partial charge on any atom is 0.0847 e. The van der Waals surface area contributed by atoms with Gasteiger partial charge < -0.3 is 0 Å². The molecule has 0 saturated carbocycles. The first-order valence-electron chi connectivity index (χ1n) is 7.27. The number of halogens is 1. The van der Waals surface area contributed by atoms with Crippen LogP contribution in [0.15, 0.2) is 30.3 Å². The van der Waals surface area contributed by atoms with Gasteiger partial charge in [-0.25, -0.2) is 0 Å². The number of nitrogens with zero attached hydrogens (tertiary/aromatic N) is 2. The van der Waals surface area contributed by atoms with Gasteiger partial charge in [0.25, 0.3) is 0 Å². The monoisotopic (exact) mass is 306 g/mol. The van der Waals surface area contributed by atoms with E-state index < -0.39 is 0 Å². The molecule has 114 valence electrons. The lowest BCUT2D eigenvalue weighted by atomic mass is 9.87. The number of rotatable bonds is 6. The molecule has 0 amide bonds. The van der Waals surface area contributed by atoms with Crippen molar-refractivity contribution >= 4 is 11.6 Å². The second kappa shape index (κ2) is 7.07. The van der Waals surface area contributed by atoms with Gasteiger partial charge >= 0.3 is 0 Å². The Morgan fingerprint density at radius 3 is 2.48 bits per heavy atom. The summed E-state index contributed by atoms with van der Waals surface area (Å²) in [5.74, 6) is 6.15. The molecular weight excluding hydrogens is 284 g/mol. The van der Waals surface area contributed by atoms with E-state index in [9.17, 15) is 0 Å². The average molecular weight is 307 g/mol. The average Bonchev–Trinajstić information content (AvgIpc) is 2.74. The molecule has 0 radical (unpaired) electrons. The molecule has 5 heteroatoms. The second-order valence-electron chi connectivity index (χ2n) is 5.37. The van der Waals surface area contributed by atoms with Gasteiger partial charge in [-0.2, -0.15) is 5.10 Å². The van der Waals surface area contributed by atoms with Crippen LogP contribution in [-0.4, -0.2) is 15.8 Å². The second-order valence-corrected chi connectivity index (χ2v) is 5.75. The summed E-state index contributed by atoms with van der Waals surface area (Å²) in [4.78, 5) is 0. The molecule has 0 fully saturated rings. The largest absolute Gasteiger partial charge is 0.271 e. The maximum absolute atomic E-state index is 6.36. The van der Waals surface area contributed by atoms with Crippen molar-refractivity contribution in [2.75, 3.05) is 0 Å². The smallest absolute Gasteiger partial charge is 0.0847 e. The highest BCUT2D eigenvalue weighted by molar-refractivity contribution is 6.31. The van der Waals surface area contributed by atoms with Crippen molar-refractivity contribution < 1.29 is 0 Å². The highest BCUT2D eigenvalue weighted by Crippen LogP contribution is 2.28. The van der Waals surface area contributed by atoms with Crippen LogP contribution in [0.1, 0.15) is 36.2 Å². The molecule has 3 N–H and O–H groups in total. The van der Waals surface area contributed by atoms with Crippen LogP contribution in [0.5, 0.6) is 0 Å². The summed E-state index contributed by atoms with van der Waals surface area (Å²) < 4.78 is 1.85. The summed E-state index contributed by atoms with van der Waals surface area (Å²) in [6, 6.07) is 10.6. The fraction of sp³-hybridized carbons (Fsp3) is 0.438. The Balaban J connectivity index is 2.26. The highest BCUT2D eigenvalue weighted by atomic mass is 35.5. The predicted octanol–water partition coefficient (Wildman–Crippen LogP) is 2.95. The van der Waals surface area contributed by atoms with Crippen LogP contribution in [0, 0.1) is 6.92 Å². The van der Waals surface area contributed by atoms with E-state index in [-0.39, 0.29) is 6.04 Å². The van der Waals surface area contributed by atoms with Crippen molar-refractivity contribution in [2.45, 2.75) is 38.6 Å². The number of aromatic nitrogens is 2. The van der Waals surface area contributed by atoms with Gasteiger partial charge in [-0.15, -0.1) is 0 Å². The van der Waals surface area contributed by atoms with E-state index in [0.717, 1.165) is 29.3 Å². The van der Waals surface area contributed by atoms with Crippen LogP contribution in [0.25, 0.3) is 0 Å². The molecule has 1 aromatic carbocycles. The molecule has 2 rings (SSSR count). The molecule has 21 heavy (non-hydrogen) atoms. The molecule has 0 bridgehead atoms. The Morgan fingerprint density at radius 2 is 2.00 bits per heavy atom. The molecule has 0 aliphatic rings. The highest BCUT2D eigenvalue weighted by Gasteiger charge is 2.24. The quantitative estimate of drug-likeness (QED) is 0.637. The van der Waals surface area contributed by atoms with Crippen LogP contribution in [0.3, 0.4) is 0 Å². The van der Waals surface area contributed by atoms with Gasteiger partial charge in [0.2, 0.25) is 0 Å². The summed E-state index contributed by atoms with van der Waals surface area (Å²) in [5.41, 5.74) is 6.13. The van der Waals surface area contributed by atoms with E-state index in [0.29, 0.717) is 5.92 Å². The minimum absolute atomic E-state index is 0.115. The lowest BCUT2D eigenvalue weighted by Crippen LogP contribution is -2.41. The van der Waals surface area contributed by atoms with E-state index in [1.54, 1.807) is 0 Å². The number of hydrogen-bond acceptors (Lipinski definition) is 3. The molecular formula is C16H23ClN4. The van der Waals surface area contributed by atoms with Crippen molar-refractivity contribution in [1.82, 2.24) is 15.2 Å². The molecule has 2 aromatic rings. The van der Waals surface area contributed by atoms with E-state index in [1.807, 2.05) is 24.7 Å². The molecule has 2 atom stereocenters. The number of aryl methyl sites for hydroxylation is 2. The maximum atomic E-state index is 6.36. The van der Waals surface area contributed by atoms with E-state index in [4.69, 9.17) is 17.4 Å². The molecule has 4 nitrogen and oxygen atoms in total. The zero-order chi connectivity index (χ0) is 15.4. The summed E-state index contributed by atoms with van der Waals surface area (Å²) in [7, 11) is 1.92. The number of benzene rings is 1. The van der Waals surface area contributed by atoms with Crippen molar-refractivity contribution in [3.8, 4) is 0 Å². The van der Waals surface area contributed by atoms with Gasteiger partial charge in [0.05, 0.1) is 16.4 Å². The van der Waals surface area contributed by atoms with Crippen molar-refractivity contribution in [2.24, 2.45) is 12.9 Å². The fourth-order valence-electron chi connectivity index (χ4n) is 2.88. The number of hydrogen-bond donors (Lipinski definition) is 2. The number of hydrazine groups is 1. The summed E-state index contributed by atoms with van der Waals surface area (Å²) in [5, 5.41) is 5.11. The number of nitrogens with two attached hydrogens (primary N) is 1. The third-order valence-electron chi connectivity index (χ3n) is 4.04. The molecule has 0 spiro atoms. The Labute approximate surface area is 131 Å². The van der Waals surface area contributed by atoms with E-state index in [2.05, 4.69) is 41.7 Å². The first-order chi connectivity index (χ1) is 10.1. The summed E-state index contributed by atoms with van der Waals surface area (Å²) in [6.45, 7) is 4.10. The lowest BCUT2D eigenvalue weighted by molar-refractivity contribution is 0.418. The molecule has 0 saturated heterocycles. The van der Waals surface area contributed by atoms with Crippen LogP contribution >= 0.6 is 11.6 Å². The Bertz CT molecular complexity index is 579. The normalized spacial score (nSPS) is 14.1.